The number of thioether (sulfide) groups is 1. The van der Waals surface area contributed by atoms with Crippen molar-refractivity contribution >= 4 is 11.8 Å². The maximum atomic E-state index is 8.85. The predicted molar refractivity (Wildman–Crippen MR) is 60.9 cm³/mol. The second kappa shape index (κ2) is 5.51. The Morgan fingerprint density at radius 3 is 2.50 bits per heavy atom. The molecule has 0 aliphatic rings. The van der Waals surface area contributed by atoms with Crippen LogP contribution in [0.1, 0.15) is 20.3 Å². The highest BCUT2D eigenvalue weighted by Crippen LogP contribution is 2.28. The van der Waals surface area contributed by atoms with Crippen LogP contribution < -0.4 is 0 Å². The largest absolute Gasteiger partial charge is 0.193 e. The van der Waals surface area contributed by atoms with E-state index in [4.69, 9.17) is 5.26 Å². The minimum absolute atomic E-state index is 0.808. The van der Waals surface area contributed by atoms with Crippen molar-refractivity contribution in [2.75, 3.05) is 0 Å². The van der Waals surface area contributed by atoms with Crippen molar-refractivity contribution in [1.82, 2.24) is 0 Å². The monoisotopic (exact) mass is 203 g/mol. The van der Waals surface area contributed by atoms with Gasteiger partial charge in [-0.15, -0.1) is 0 Å². The Hall–Kier alpha value is -1.20. The van der Waals surface area contributed by atoms with Crippen molar-refractivity contribution < 1.29 is 0 Å². The molecule has 0 aliphatic heterocycles. The van der Waals surface area contributed by atoms with Crippen molar-refractivity contribution in [2.45, 2.75) is 25.2 Å². The molecule has 1 aromatic rings. The van der Waals surface area contributed by atoms with Crippen molar-refractivity contribution in [3.05, 3.63) is 40.8 Å². The molecule has 14 heavy (non-hydrogen) atoms. The van der Waals surface area contributed by atoms with Gasteiger partial charge in [0.25, 0.3) is 0 Å². The highest BCUT2D eigenvalue weighted by molar-refractivity contribution is 8.03. The van der Waals surface area contributed by atoms with Gasteiger partial charge in [0.05, 0.1) is 6.07 Å². The summed E-state index contributed by atoms with van der Waals surface area (Å²) in [5, 5.41) is 8.85. The molecule has 0 heterocycles. The van der Waals surface area contributed by atoms with E-state index in [0.29, 0.717) is 0 Å². The molecule has 1 rings (SSSR count). The van der Waals surface area contributed by atoms with E-state index in [1.807, 2.05) is 32.0 Å². The van der Waals surface area contributed by atoms with Gasteiger partial charge >= 0.3 is 0 Å². The molecule has 1 nitrogen and oxygen atoms in total. The molecule has 2 heteroatoms. The topological polar surface area (TPSA) is 23.8 Å². The summed E-state index contributed by atoms with van der Waals surface area (Å²) in [6.07, 6.45) is 0.808. The fraction of sp³-hybridized carbons (Fsp3) is 0.250. The first-order chi connectivity index (χ1) is 6.77. The maximum Gasteiger partial charge on any atom is 0.0955 e. The summed E-state index contributed by atoms with van der Waals surface area (Å²) >= 11 is 1.66. The summed E-state index contributed by atoms with van der Waals surface area (Å²) < 4.78 is 0. The van der Waals surface area contributed by atoms with Crippen LogP contribution in [0.3, 0.4) is 0 Å². The lowest BCUT2D eigenvalue weighted by molar-refractivity contribution is 1.14. The van der Waals surface area contributed by atoms with Gasteiger partial charge in [-0.3, -0.25) is 0 Å². The third kappa shape index (κ3) is 2.93. The second-order valence-corrected chi connectivity index (χ2v) is 4.20. The Morgan fingerprint density at radius 1 is 1.36 bits per heavy atom. The normalized spacial score (nSPS) is 11.8. The zero-order valence-corrected chi connectivity index (χ0v) is 9.27. The molecule has 0 saturated carbocycles. The third-order valence-electron chi connectivity index (χ3n) is 1.93. The first kappa shape index (κ1) is 10.9. The number of nitrogens with zero attached hydrogens (tertiary/aromatic N) is 1. The van der Waals surface area contributed by atoms with Gasteiger partial charge in [-0.1, -0.05) is 36.9 Å². The Bertz CT molecular complexity index is 360. The number of nitriles is 1. The van der Waals surface area contributed by atoms with Gasteiger partial charge in [0.15, 0.2) is 0 Å². The molecule has 0 aliphatic carbocycles. The molecule has 0 spiro atoms. The van der Waals surface area contributed by atoms with E-state index in [2.05, 4.69) is 18.2 Å². The van der Waals surface area contributed by atoms with Crippen molar-refractivity contribution in [3.63, 3.8) is 0 Å². The molecule has 72 valence electrons. The summed E-state index contributed by atoms with van der Waals surface area (Å²) in [6.45, 7) is 4.01. The van der Waals surface area contributed by atoms with Crippen LogP contribution in [0.4, 0.5) is 0 Å². The quantitative estimate of drug-likeness (QED) is 0.548. The van der Waals surface area contributed by atoms with Crippen molar-refractivity contribution in [3.8, 4) is 6.07 Å². The second-order valence-electron chi connectivity index (χ2n) is 2.92. The predicted octanol–water partition coefficient (Wildman–Crippen LogP) is 3.99. The summed E-state index contributed by atoms with van der Waals surface area (Å²) in [5.74, 6) is 0. The van der Waals surface area contributed by atoms with Gasteiger partial charge in [0.1, 0.15) is 0 Å². The van der Waals surface area contributed by atoms with Crippen LogP contribution in [-0.2, 0) is 0 Å². The lowest BCUT2D eigenvalue weighted by atomic mass is 10.2. The van der Waals surface area contributed by atoms with E-state index in [9.17, 15) is 0 Å². The van der Waals surface area contributed by atoms with Crippen LogP contribution in [0, 0.1) is 11.3 Å². The standard InChI is InChI=1S/C12H13NS/c1-3-11(9-13)10(2)14-12-7-5-4-6-8-12/h4-8H,3H2,1-2H3. The highest BCUT2D eigenvalue weighted by atomic mass is 32.2. The van der Waals surface area contributed by atoms with Gasteiger partial charge in [-0.2, -0.15) is 5.26 Å². The summed E-state index contributed by atoms with van der Waals surface area (Å²) in [6, 6.07) is 12.3. The Morgan fingerprint density at radius 2 is 2.00 bits per heavy atom. The number of hydrogen-bond acceptors (Lipinski definition) is 2. The van der Waals surface area contributed by atoms with E-state index >= 15 is 0 Å². The van der Waals surface area contributed by atoms with Crippen LogP contribution in [0.25, 0.3) is 0 Å². The summed E-state index contributed by atoms with van der Waals surface area (Å²) in [5.41, 5.74) is 0.874. The molecular weight excluding hydrogens is 190 g/mol. The molecule has 0 aromatic heterocycles. The molecule has 0 saturated heterocycles. The molecule has 0 fully saturated rings. The van der Waals surface area contributed by atoms with E-state index in [-0.39, 0.29) is 0 Å². The Labute approximate surface area is 89.4 Å². The molecule has 1 aromatic carbocycles. The average Bonchev–Trinajstić information content (AvgIpc) is 2.21. The lowest BCUT2D eigenvalue weighted by Crippen LogP contribution is -1.80. The zero-order valence-electron chi connectivity index (χ0n) is 8.45. The molecule has 0 bridgehead atoms. The Balaban J connectivity index is 2.80. The van der Waals surface area contributed by atoms with Crippen LogP contribution in [0.15, 0.2) is 45.7 Å². The average molecular weight is 203 g/mol. The number of hydrogen-bond donors (Lipinski definition) is 0. The third-order valence-corrected chi connectivity index (χ3v) is 2.99. The van der Waals surface area contributed by atoms with Crippen LogP contribution in [0.2, 0.25) is 0 Å². The molecule has 0 unspecified atom stereocenters. The van der Waals surface area contributed by atoms with E-state index in [1.165, 1.54) is 4.90 Å². The van der Waals surface area contributed by atoms with Crippen molar-refractivity contribution in [2.24, 2.45) is 0 Å². The van der Waals surface area contributed by atoms with E-state index < -0.39 is 0 Å². The minimum atomic E-state index is 0.808. The molecule has 0 amide bonds. The summed E-state index contributed by atoms with van der Waals surface area (Å²) in [7, 11) is 0. The highest BCUT2D eigenvalue weighted by Gasteiger charge is 2.01. The lowest BCUT2D eigenvalue weighted by Gasteiger charge is -2.03. The zero-order chi connectivity index (χ0) is 10.4. The minimum Gasteiger partial charge on any atom is -0.193 e. The Kier molecular flexibility index (Phi) is 4.28. The van der Waals surface area contributed by atoms with Crippen LogP contribution in [0.5, 0.6) is 0 Å². The van der Waals surface area contributed by atoms with Crippen LogP contribution >= 0.6 is 11.8 Å². The fourth-order valence-corrected chi connectivity index (χ4v) is 2.09. The van der Waals surface area contributed by atoms with Crippen LogP contribution in [-0.4, -0.2) is 0 Å². The van der Waals surface area contributed by atoms with Gasteiger partial charge in [-0.05, 0) is 25.5 Å². The number of allylic oxidation sites excluding steroid dienone is 2. The molecule has 0 N–H and O–H groups in total. The van der Waals surface area contributed by atoms with E-state index in [1.54, 1.807) is 11.8 Å². The maximum absolute atomic E-state index is 8.85. The van der Waals surface area contributed by atoms with Gasteiger partial charge < -0.3 is 0 Å². The summed E-state index contributed by atoms with van der Waals surface area (Å²) in [4.78, 5) is 2.28. The fourth-order valence-electron chi connectivity index (χ4n) is 1.13. The van der Waals surface area contributed by atoms with E-state index in [0.717, 1.165) is 16.9 Å². The SMILES string of the molecule is CCC(C#N)=C(C)Sc1ccccc1. The van der Waals surface area contributed by atoms with Gasteiger partial charge in [-0.25, -0.2) is 0 Å². The number of rotatable bonds is 3. The van der Waals surface area contributed by atoms with Crippen molar-refractivity contribution in [1.29, 1.82) is 5.26 Å². The van der Waals surface area contributed by atoms with Gasteiger partial charge in [0.2, 0.25) is 0 Å². The van der Waals surface area contributed by atoms with Gasteiger partial charge in [0, 0.05) is 15.4 Å². The smallest absolute Gasteiger partial charge is 0.0955 e. The molecular formula is C12H13NS. The number of benzene rings is 1. The first-order valence-corrected chi connectivity index (χ1v) is 5.42. The molecule has 0 atom stereocenters. The first-order valence-electron chi connectivity index (χ1n) is 4.60. The molecule has 0 radical (unpaired) electrons.